The van der Waals surface area contributed by atoms with Gasteiger partial charge in [-0.1, -0.05) is 0 Å². The van der Waals surface area contributed by atoms with Crippen LogP contribution >= 0.6 is 0 Å². The zero-order chi connectivity index (χ0) is 27.2. The third-order valence-electron chi connectivity index (χ3n) is 6.72. The predicted molar refractivity (Wildman–Crippen MR) is 152 cm³/mol. The number of anilines is 3. The molecule has 2 saturated heterocycles. The van der Waals surface area contributed by atoms with E-state index in [0.29, 0.717) is 17.6 Å². The molecule has 2 aliphatic heterocycles. The van der Waals surface area contributed by atoms with Crippen LogP contribution in [-0.4, -0.2) is 79.9 Å². The third-order valence-corrected chi connectivity index (χ3v) is 6.72. The summed E-state index contributed by atoms with van der Waals surface area (Å²) in [6.45, 7) is 7.17. The second-order valence-electron chi connectivity index (χ2n) is 9.85. The summed E-state index contributed by atoms with van der Waals surface area (Å²) in [5.74, 6) is 2.39. The molecule has 5 rings (SSSR count). The molecular formula is C29H36N6O4. The maximum absolute atomic E-state index is 6.27. The molecule has 10 heteroatoms. The van der Waals surface area contributed by atoms with Crippen molar-refractivity contribution in [3.8, 4) is 22.9 Å². The molecule has 39 heavy (non-hydrogen) atoms. The monoisotopic (exact) mass is 532 g/mol. The van der Waals surface area contributed by atoms with Crippen molar-refractivity contribution in [1.82, 2.24) is 15.0 Å². The largest absolute Gasteiger partial charge is 0.490 e. The summed E-state index contributed by atoms with van der Waals surface area (Å²) >= 11 is 0. The molecule has 1 N–H and O–H groups in total. The van der Waals surface area contributed by atoms with Crippen LogP contribution in [0, 0.1) is 0 Å². The van der Waals surface area contributed by atoms with Crippen LogP contribution in [0.15, 0.2) is 47.6 Å². The van der Waals surface area contributed by atoms with Gasteiger partial charge in [0.2, 0.25) is 11.8 Å². The molecule has 0 spiro atoms. The highest BCUT2D eigenvalue weighted by atomic mass is 16.5. The van der Waals surface area contributed by atoms with E-state index in [-0.39, 0.29) is 18.3 Å². The van der Waals surface area contributed by atoms with Crippen molar-refractivity contribution < 1.29 is 18.9 Å². The number of hydrogen-bond acceptors (Lipinski definition) is 10. The Hall–Kier alpha value is -3.76. The van der Waals surface area contributed by atoms with Crippen LogP contribution < -0.4 is 19.7 Å². The molecule has 3 aromatic rings. The normalized spacial score (nSPS) is 20.3. The highest BCUT2D eigenvalue weighted by Crippen LogP contribution is 2.32. The smallest absolute Gasteiger partial charge is 0.239 e. The third kappa shape index (κ3) is 6.63. The first kappa shape index (κ1) is 26.8. The number of pyridine rings is 1. The van der Waals surface area contributed by atoms with Crippen LogP contribution in [0.3, 0.4) is 0 Å². The Morgan fingerprint density at radius 3 is 2.59 bits per heavy atom. The summed E-state index contributed by atoms with van der Waals surface area (Å²) in [7, 11) is 3.39. The highest BCUT2D eigenvalue weighted by Gasteiger charge is 2.25. The lowest BCUT2D eigenvalue weighted by Gasteiger charge is -2.37. The van der Waals surface area contributed by atoms with E-state index in [9.17, 15) is 0 Å². The fourth-order valence-corrected chi connectivity index (χ4v) is 4.99. The van der Waals surface area contributed by atoms with Gasteiger partial charge in [0.1, 0.15) is 23.4 Å². The van der Waals surface area contributed by atoms with Gasteiger partial charge in [-0.25, -0.2) is 9.97 Å². The molecule has 0 aliphatic carbocycles. The van der Waals surface area contributed by atoms with E-state index in [0.717, 1.165) is 67.4 Å². The quantitative estimate of drug-likeness (QED) is 0.420. The van der Waals surface area contributed by atoms with Crippen LogP contribution in [0.4, 0.5) is 17.5 Å². The number of morpholine rings is 1. The molecular weight excluding hydrogens is 496 g/mol. The Morgan fingerprint density at radius 1 is 1.05 bits per heavy atom. The van der Waals surface area contributed by atoms with E-state index >= 15 is 0 Å². The number of aliphatic imine (C=N–C) groups is 1. The molecule has 0 amide bonds. The standard InChI is InChI=1S/C29H36N6O4/c1-19-17-35(18-20(2)38-19)25-6-8-27(33-28(25)36-4)34-29-31-12-9-24(32-29)21-5-7-26(22(15-21)16-30-3)39-23-10-13-37-14-11-23/h5-9,12,15-16,19-20,23H,10-11,13-14,17-18H2,1-4H3,(H,31,32,33,34)/b30-16-/t19-,20+. The molecule has 10 nitrogen and oxygen atoms in total. The average molecular weight is 533 g/mol. The lowest BCUT2D eigenvalue weighted by molar-refractivity contribution is -0.00535. The van der Waals surface area contributed by atoms with Crippen LogP contribution in [0.5, 0.6) is 11.6 Å². The van der Waals surface area contributed by atoms with Crippen molar-refractivity contribution in [1.29, 1.82) is 0 Å². The highest BCUT2D eigenvalue weighted by molar-refractivity contribution is 5.86. The number of nitrogens with zero attached hydrogens (tertiary/aromatic N) is 5. The Morgan fingerprint density at radius 2 is 1.85 bits per heavy atom. The van der Waals surface area contributed by atoms with Crippen molar-refractivity contribution >= 4 is 23.7 Å². The van der Waals surface area contributed by atoms with Gasteiger partial charge in [0.15, 0.2) is 0 Å². The van der Waals surface area contributed by atoms with Crippen molar-refractivity contribution in [2.75, 3.05) is 50.7 Å². The lowest BCUT2D eigenvalue weighted by atomic mass is 10.1. The number of benzene rings is 1. The summed E-state index contributed by atoms with van der Waals surface area (Å²) in [5.41, 5.74) is 3.55. The Balaban J connectivity index is 1.34. The van der Waals surface area contributed by atoms with Crippen LogP contribution in [0.25, 0.3) is 11.3 Å². The minimum Gasteiger partial charge on any atom is -0.490 e. The van der Waals surface area contributed by atoms with Gasteiger partial charge in [-0.15, -0.1) is 0 Å². The molecule has 0 unspecified atom stereocenters. The first-order chi connectivity index (χ1) is 19.0. The molecule has 0 bridgehead atoms. The summed E-state index contributed by atoms with van der Waals surface area (Å²) < 4.78 is 23.2. The van der Waals surface area contributed by atoms with E-state index in [1.165, 1.54) is 0 Å². The molecule has 2 aliphatic rings. The van der Waals surface area contributed by atoms with E-state index in [1.807, 2.05) is 42.6 Å². The minimum atomic E-state index is 0.138. The molecule has 1 aromatic carbocycles. The number of nitrogens with one attached hydrogen (secondary N) is 1. The minimum absolute atomic E-state index is 0.138. The van der Waals surface area contributed by atoms with Crippen LogP contribution in [-0.2, 0) is 9.47 Å². The number of hydrogen-bond donors (Lipinski definition) is 1. The van der Waals surface area contributed by atoms with Gasteiger partial charge in [-0.05, 0) is 50.2 Å². The summed E-state index contributed by atoms with van der Waals surface area (Å²) in [5, 5.41) is 3.22. The second-order valence-corrected chi connectivity index (χ2v) is 9.85. The summed E-state index contributed by atoms with van der Waals surface area (Å²) in [6, 6.07) is 11.8. The first-order valence-electron chi connectivity index (χ1n) is 13.4. The molecule has 2 fully saturated rings. The van der Waals surface area contributed by atoms with Gasteiger partial charge >= 0.3 is 0 Å². The number of ether oxygens (including phenoxy) is 4. The molecule has 0 radical (unpaired) electrons. The topological polar surface area (TPSA) is 103 Å². The Labute approximate surface area is 229 Å². The molecule has 4 heterocycles. The van der Waals surface area contributed by atoms with Crippen molar-refractivity contribution in [2.24, 2.45) is 4.99 Å². The van der Waals surface area contributed by atoms with Crippen molar-refractivity contribution in [2.45, 2.75) is 45.0 Å². The number of methoxy groups -OCH3 is 1. The zero-order valence-corrected chi connectivity index (χ0v) is 23.0. The van der Waals surface area contributed by atoms with E-state index in [4.69, 9.17) is 23.9 Å². The Kier molecular flexibility index (Phi) is 8.53. The van der Waals surface area contributed by atoms with Gasteiger partial charge in [0, 0.05) is 56.5 Å². The van der Waals surface area contributed by atoms with Crippen molar-refractivity contribution in [3.63, 3.8) is 0 Å². The maximum atomic E-state index is 6.27. The summed E-state index contributed by atoms with van der Waals surface area (Å²) in [6.07, 6.45) is 5.73. The Bertz CT molecular complexity index is 1290. The van der Waals surface area contributed by atoms with E-state index in [2.05, 4.69) is 39.0 Å². The van der Waals surface area contributed by atoms with Gasteiger partial charge in [0.25, 0.3) is 0 Å². The molecule has 2 aromatic heterocycles. The van der Waals surface area contributed by atoms with E-state index < -0.39 is 0 Å². The fraction of sp³-hybridized carbons (Fsp3) is 0.448. The SMILES string of the molecule is C/N=C\c1cc(-c2ccnc(Nc3ccc(N4C[C@@H](C)O[C@@H](C)C4)c(OC)n3)n2)ccc1OC1CCOCC1. The van der Waals surface area contributed by atoms with Crippen LogP contribution in [0.1, 0.15) is 32.3 Å². The predicted octanol–water partition coefficient (Wildman–Crippen LogP) is 4.51. The van der Waals surface area contributed by atoms with Crippen molar-refractivity contribution in [3.05, 3.63) is 48.2 Å². The van der Waals surface area contributed by atoms with Gasteiger partial charge < -0.3 is 29.2 Å². The van der Waals surface area contributed by atoms with Gasteiger partial charge in [-0.2, -0.15) is 4.98 Å². The van der Waals surface area contributed by atoms with Crippen LogP contribution in [0.2, 0.25) is 0 Å². The maximum Gasteiger partial charge on any atom is 0.239 e. The molecule has 0 saturated carbocycles. The first-order valence-corrected chi connectivity index (χ1v) is 13.4. The number of aromatic nitrogens is 3. The fourth-order valence-electron chi connectivity index (χ4n) is 4.99. The lowest BCUT2D eigenvalue weighted by Crippen LogP contribution is -2.45. The molecule has 206 valence electrons. The summed E-state index contributed by atoms with van der Waals surface area (Å²) in [4.78, 5) is 20.3. The number of rotatable bonds is 8. The van der Waals surface area contributed by atoms with Gasteiger partial charge in [-0.3, -0.25) is 4.99 Å². The second kappa shape index (κ2) is 12.4. The molecule has 2 atom stereocenters. The van der Waals surface area contributed by atoms with E-state index in [1.54, 1.807) is 20.4 Å². The zero-order valence-electron chi connectivity index (χ0n) is 23.0. The average Bonchev–Trinajstić information content (AvgIpc) is 2.94. The van der Waals surface area contributed by atoms with Gasteiger partial charge in [0.05, 0.1) is 38.2 Å².